The summed E-state index contributed by atoms with van der Waals surface area (Å²) < 4.78 is 1.99. The fraction of sp³-hybridized carbons (Fsp3) is 0.300. The third-order valence-electron chi connectivity index (χ3n) is 4.24. The molecule has 0 saturated carbocycles. The number of carbonyl (C=O) groups excluding carboxylic acids is 1. The molecule has 4 nitrogen and oxygen atoms in total. The van der Waals surface area contributed by atoms with Crippen molar-refractivity contribution in [2.45, 2.75) is 26.0 Å². The fourth-order valence-electron chi connectivity index (χ4n) is 2.78. The number of rotatable bonds is 7. The number of nitrogens with one attached hydrogen (secondary N) is 1. The average molecular weight is 353 g/mol. The summed E-state index contributed by atoms with van der Waals surface area (Å²) in [6.07, 6.45) is 4.10. The smallest absolute Gasteiger partial charge is 0.226 e. The first-order valence-corrected chi connectivity index (χ1v) is 9.61. The van der Waals surface area contributed by atoms with Crippen LogP contribution in [-0.2, 0) is 17.0 Å². The molecule has 1 N–H and O–H groups in total. The van der Waals surface area contributed by atoms with Gasteiger partial charge in [-0.25, -0.2) is 4.98 Å². The molecule has 0 unspecified atom stereocenters. The van der Waals surface area contributed by atoms with Crippen LogP contribution in [0.2, 0.25) is 0 Å². The summed E-state index contributed by atoms with van der Waals surface area (Å²) in [5.41, 5.74) is 5.63. The zero-order valence-electron chi connectivity index (χ0n) is 14.7. The maximum absolute atomic E-state index is 12.2. The van der Waals surface area contributed by atoms with Crippen LogP contribution in [0.15, 0.2) is 48.8 Å². The molecular weight excluding hydrogens is 330 g/mol. The zero-order valence-corrected chi connectivity index (χ0v) is 15.5. The average Bonchev–Trinajstić information content (AvgIpc) is 3.00. The standard InChI is InChI=1S/C20H23N3OS/c1-15-6-3-4-8-17(15)14-25-11-9-21-19(24)12-18-13-22-20-16(2)7-5-10-23(18)20/h3-8,10,13H,9,11-12,14H2,1-2H3,(H,21,24). The number of hydrogen-bond donors (Lipinski definition) is 1. The number of hydrogen-bond acceptors (Lipinski definition) is 3. The van der Waals surface area contributed by atoms with E-state index in [2.05, 4.69) is 41.5 Å². The number of benzene rings is 1. The number of fused-ring (bicyclic) bond motifs is 1. The first kappa shape index (κ1) is 17.5. The first-order valence-electron chi connectivity index (χ1n) is 8.45. The molecule has 25 heavy (non-hydrogen) atoms. The summed E-state index contributed by atoms with van der Waals surface area (Å²) in [4.78, 5) is 16.6. The summed E-state index contributed by atoms with van der Waals surface area (Å²) in [7, 11) is 0. The van der Waals surface area contributed by atoms with Crippen molar-refractivity contribution in [2.75, 3.05) is 12.3 Å². The van der Waals surface area contributed by atoms with Gasteiger partial charge in [0.2, 0.25) is 5.91 Å². The van der Waals surface area contributed by atoms with E-state index in [1.807, 2.05) is 41.4 Å². The molecule has 2 aromatic heterocycles. The van der Waals surface area contributed by atoms with Gasteiger partial charge in [-0.15, -0.1) is 0 Å². The van der Waals surface area contributed by atoms with Gasteiger partial charge >= 0.3 is 0 Å². The molecule has 0 spiro atoms. The lowest BCUT2D eigenvalue weighted by atomic mass is 10.1. The lowest BCUT2D eigenvalue weighted by Gasteiger charge is -2.07. The van der Waals surface area contributed by atoms with Gasteiger partial charge in [0.25, 0.3) is 0 Å². The highest BCUT2D eigenvalue weighted by molar-refractivity contribution is 7.98. The van der Waals surface area contributed by atoms with E-state index in [1.165, 1.54) is 11.1 Å². The van der Waals surface area contributed by atoms with Gasteiger partial charge in [0.1, 0.15) is 5.65 Å². The van der Waals surface area contributed by atoms with E-state index in [4.69, 9.17) is 0 Å². The van der Waals surface area contributed by atoms with Crippen molar-refractivity contribution < 1.29 is 4.79 Å². The van der Waals surface area contributed by atoms with Crippen LogP contribution in [0, 0.1) is 13.8 Å². The predicted octanol–water partition coefficient (Wildman–Crippen LogP) is 3.54. The third-order valence-corrected chi connectivity index (χ3v) is 5.24. The normalized spacial score (nSPS) is 11.0. The molecule has 3 aromatic rings. The van der Waals surface area contributed by atoms with Gasteiger partial charge in [0, 0.05) is 30.4 Å². The van der Waals surface area contributed by atoms with E-state index in [9.17, 15) is 4.79 Å². The van der Waals surface area contributed by atoms with Crippen LogP contribution in [0.25, 0.3) is 5.65 Å². The van der Waals surface area contributed by atoms with Crippen molar-refractivity contribution in [3.8, 4) is 0 Å². The lowest BCUT2D eigenvalue weighted by molar-refractivity contribution is -0.120. The molecule has 0 radical (unpaired) electrons. The highest BCUT2D eigenvalue weighted by Crippen LogP contribution is 2.15. The molecule has 2 heterocycles. The van der Waals surface area contributed by atoms with E-state index in [1.54, 1.807) is 6.20 Å². The topological polar surface area (TPSA) is 46.4 Å². The van der Waals surface area contributed by atoms with Gasteiger partial charge < -0.3 is 9.72 Å². The zero-order chi connectivity index (χ0) is 17.6. The van der Waals surface area contributed by atoms with E-state index in [0.29, 0.717) is 13.0 Å². The number of aromatic nitrogens is 2. The molecule has 0 fully saturated rings. The van der Waals surface area contributed by atoms with Crippen LogP contribution in [0.1, 0.15) is 22.4 Å². The van der Waals surface area contributed by atoms with Gasteiger partial charge in [-0.05, 0) is 36.6 Å². The SMILES string of the molecule is Cc1ccccc1CSCCNC(=O)Cc1cnc2c(C)cccn12. The Morgan fingerprint density at radius 2 is 1.96 bits per heavy atom. The molecule has 5 heteroatoms. The van der Waals surface area contributed by atoms with Gasteiger partial charge in [-0.2, -0.15) is 11.8 Å². The first-order chi connectivity index (χ1) is 12.1. The van der Waals surface area contributed by atoms with Crippen molar-refractivity contribution in [3.05, 3.63) is 71.2 Å². The Labute approximate surface area is 152 Å². The quantitative estimate of drug-likeness (QED) is 0.661. The van der Waals surface area contributed by atoms with E-state index in [-0.39, 0.29) is 5.91 Å². The second-order valence-corrected chi connectivity index (χ2v) is 7.25. The maximum atomic E-state index is 12.2. The largest absolute Gasteiger partial charge is 0.355 e. The molecular formula is C20H23N3OS. The number of aryl methyl sites for hydroxylation is 2. The van der Waals surface area contributed by atoms with Crippen LogP contribution in [0.3, 0.4) is 0 Å². The van der Waals surface area contributed by atoms with Crippen molar-refractivity contribution in [1.29, 1.82) is 0 Å². The molecule has 130 valence electrons. The fourth-order valence-corrected chi connectivity index (χ4v) is 3.71. The number of imidazole rings is 1. The van der Waals surface area contributed by atoms with Crippen molar-refractivity contribution >= 4 is 23.3 Å². The molecule has 3 rings (SSSR count). The predicted molar refractivity (Wildman–Crippen MR) is 104 cm³/mol. The number of thioether (sulfide) groups is 1. The Morgan fingerprint density at radius 1 is 1.16 bits per heavy atom. The molecule has 0 aliphatic rings. The highest BCUT2D eigenvalue weighted by Gasteiger charge is 2.09. The molecule has 1 aromatic carbocycles. The Morgan fingerprint density at radius 3 is 2.80 bits per heavy atom. The van der Waals surface area contributed by atoms with E-state index in [0.717, 1.165) is 28.4 Å². The number of carbonyl (C=O) groups is 1. The Kier molecular flexibility index (Phi) is 5.76. The number of nitrogens with zero attached hydrogens (tertiary/aromatic N) is 2. The molecule has 0 bridgehead atoms. The van der Waals surface area contributed by atoms with E-state index < -0.39 is 0 Å². The Balaban J connectivity index is 1.44. The maximum Gasteiger partial charge on any atom is 0.226 e. The second-order valence-electron chi connectivity index (χ2n) is 6.14. The highest BCUT2D eigenvalue weighted by atomic mass is 32.2. The number of amides is 1. The van der Waals surface area contributed by atoms with Crippen molar-refractivity contribution in [2.24, 2.45) is 0 Å². The summed E-state index contributed by atoms with van der Waals surface area (Å²) in [5, 5.41) is 3.00. The second kappa shape index (κ2) is 8.21. The minimum Gasteiger partial charge on any atom is -0.355 e. The van der Waals surface area contributed by atoms with Gasteiger partial charge in [0.15, 0.2) is 0 Å². The Hall–Kier alpha value is -2.27. The molecule has 0 atom stereocenters. The van der Waals surface area contributed by atoms with Crippen LogP contribution in [-0.4, -0.2) is 27.6 Å². The minimum atomic E-state index is 0.0415. The van der Waals surface area contributed by atoms with Crippen molar-refractivity contribution in [3.63, 3.8) is 0 Å². The van der Waals surface area contributed by atoms with Crippen LogP contribution in [0.4, 0.5) is 0 Å². The van der Waals surface area contributed by atoms with E-state index >= 15 is 0 Å². The molecule has 0 aliphatic heterocycles. The van der Waals surface area contributed by atoms with Crippen LogP contribution >= 0.6 is 11.8 Å². The Bertz CT molecular complexity index is 872. The summed E-state index contributed by atoms with van der Waals surface area (Å²) in [6, 6.07) is 12.4. The van der Waals surface area contributed by atoms with Crippen molar-refractivity contribution in [1.82, 2.24) is 14.7 Å². The minimum absolute atomic E-state index is 0.0415. The summed E-state index contributed by atoms with van der Waals surface area (Å²) >= 11 is 1.84. The lowest BCUT2D eigenvalue weighted by Crippen LogP contribution is -2.27. The molecule has 0 saturated heterocycles. The molecule has 1 amide bonds. The van der Waals surface area contributed by atoms with Crippen LogP contribution in [0.5, 0.6) is 0 Å². The van der Waals surface area contributed by atoms with Gasteiger partial charge in [-0.1, -0.05) is 30.3 Å². The molecule has 0 aliphatic carbocycles. The monoisotopic (exact) mass is 353 g/mol. The van der Waals surface area contributed by atoms with Gasteiger partial charge in [0.05, 0.1) is 12.1 Å². The summed E-state index contributed by atoms with van der Waals surface area (Å²) in [5.74, 6) is 1.93. The third kappa shape index (κ3) is 4.42. The summed E-state index contributed by atoms with van der Waals surface area (Å²) in [6.45, 7) is 4.85. The number of pyridine rings is 1. The van der Waals surface area contributed by atoms with Gasteiger partial charge in [-0.3, -0.25) is 4.79 Å². The van der Waals surface area contributed by atoms with Crippen LogP contribution < -0.4 is 5.32 Å².